The second-order valence-electron chi connectivity index (χ2n) is 5.51. The number of H-pyrrole nitrogens is 1. The van der Waals surface area contributed by atoms with Crippen LogP contribution in [0.2, 0.25) is 0 Å². The summed E-state index contributed by atoms with van der Waals surface area (Å²) in [7, 11) is 0. The molecule has 1 aromatic heterocycles. The maximum absolute atomic E-state index is 12.3. The predicted octanol–water partition coefficient (Wildman–Crippen LogP) is 3.59. The van der Waals surface area contributed by atoms with Crippen LogP contribution in [0.25, 0.3) is 10.9 Å². The number of rotatable bonds is 2. The second kappa shape index (κ2) is 5.66. The minimum Gasteiger partial charge on any atom is -0.360 e. The van der Waals surface area contributed by atoms with Gasteiger partial charge in [0.05, 0.1) is 6.04 Å². The molecule has 0 bridgehead atoms. The number of carbonyl (C=O) groups excluding carboxylic acids is 1. The van der Waals surface area contributed by atoms with Crippen LogP contribution in [0.15, 0.2) is 64.2 Å². The molecule has 0 aliphatic carbocycles. The lowest BCUT2D eigenvalue weighted by atomic mass is 10.0. The van der Waals surface area contributed by atoms with Gasteiger partial charge >= 0.3 is 0 Å². The summed E-state index contributed by atoms with van der Waals surface area (Å²) in [5, 5.41) is 3.95. The number of amides is 1. The molecule has 2 N–H and O–H groups in total. The van der Waals surface area contributed by atoms with Gasteiger partial charge < -0.3 is 10.3 Å². The first-order chi connectivity index (χ1) is 11.2. The van der Waals surface area contributed by atoms with Crippen molar-refractivity contribution >= 4 is 38.5 Å². The minimum absolute atomic E-state index is 0.0516. The largest absolute Gasteiger partial charge is 0.360 e. The molecule has 2 aromatic carbocycles. The molecule has 0 fully saturated rings. The zero-order chi connectivity index (χ0) is 15.8. The van der Waals surface area contributed by atoms with Crippen molar-refractivity contribution in [2.24, 2.45) is 4.99 Å². The smallest absolute Gasteiger partial charge is 0.270 e. The molecule has 0 radical (unpaired) electrons. The van der Waals surface area contributed by atoms with Gasteiger partial charge in [0.15, 0.2) is 0 Å². The number of aromatic nitrogens is 1. The van der Waals surface area contributed by atoms with Gasteiger partial charge in [0.25, 0.3) is 5.91 Å². The van der Waals surface area contributed by atoms with E-state index in [1.807, 2.05) is 54.7 Å². The molecule has 4 nitrogen and oxygen atoms in total. The van der Waals surface area contributed by atoms with Crippen LogP contribution >= 0.6 is 15.9 Å². The summed E-state index contributed by atoms with van der Waals surface area (Å²) in [4.78, 5) is 20.2. The van der Waals surface area contributed by atoms with Gasteiger partial charge in [0, 0.05) is 33.7 Å². The average molecular weight is 368 g/mol. The third kappa shape index (κ3) is 2.57. The number of hydrogen-bond donors (Lipinski definition) is 2. The molecule has 0 saturated heterocycles. The molecule has 114 valence electrons. The minimum atomic E-state index is -0.124. The summed E-state index contributed by atoms with van der Waals surface area (Å²) in [5.41, 5.74) is 3.41. The van der Waals surface area contributed by atoms with E-state index in [0.717, 1.165) is 26.5 Å². The molecule has 2 heterocycles. The van der Waals surface area contributed by atoms with Gasteiger partial charge in [-0.3, -0.25) is 9.79 Å². The van der Waals surface area contributed by atoms with Gasteiger partial charge in [0.2, 0.25) is 0 Å². The Morgan fingerprint density at radius 1 is 1.13 bits per heavy atom. The monoisotopic (exact) mass is 367 g/mol. The Morgan fingerprint density at radius 3 is 2.78 bits per heavy atom. The number of nitrogens with zero attached hydrogens (tertiary/aromatic N) is 1. The van der Waals surface area contributed by atoms with E-state index in [2.05, 4.69) is 26.2 Å². The van der Waals surface area contributed by atoms with E-state index in [0.29, 0.717) is 12.3 Å². The van der Waals surface area contributed by atoms with Crippen LogP contribution in [0.1, 0.15) is 17.2 Å². The summed E-state index contributed by atoms with van der Waals surface area (Å²) < 4.78 is 0.996. The lowest BCUT2D eigenvalue weighted by Gasteiger charge is -2.21. The molecule has 5 heteroatoms. The van der Waals surface area contributed by atoms with Crippen molar-refractivity contribution in [3.05, 3.63) is 70.3 Å². The fraction of sp³-hybridized carbons (Fsp3) is 0.111. The standard InChI is InChI=1S/C18H14BrN3O/c19-12-6-7-13-14(9-20-15(13)8-12)17-18(23)21-10-16(22-17)11-4-2-1-3-5-11/h1-9,16,20H,10H2,(H,21,23)/t16-/m0/s1. The van der Waals surface area contributed by atoms with Gasteiger partial charge in [-0.15, -0.1) is 0 Å². The first-order valence-corrected chi connectivity index (χ1v) is 8.19. The Bertz CT molecular complexity index is 914. The Hall–Kier alpha value is -2.40. The van der Waals surface area contributed by atoms with Gasteiger partial charge in [-0.05, 0) is 17.7 Å². The highest BCUT2D eigenvalue weighted by molar-refractivity contribution is 9.10. The van der Waals surface area contributed by atoms with Crippen molar-refractivity contribution in [3.8, 4) is 0 Å². The third-order valence-electron chi connectivity index (χ3n) is 4.04. The van der Waals surface area contributed by atoms with E-state index < -0.39 is 0 Å². The van der Waals surface area contributed by atoms with Crippen molar-refractivity contribution in [2.45, 2.75) is 6.04 Å². The maximum Gasteiger partial charge on any atom is 0.270 e. The predicted molar refractivity (Wildman–Crippen MR) is 94.7 cm³/mol. The van der Waals surface area contributed by atoms with Crippen LogP contribution in [0.5, 0.6) is 0 Å². The highest BCUT2D eigenvalue weighted by atomic mass is 79.9. The van der Waals surface area contributed by atoms with E-state index in [9.17, 15) is 4.79 Å². The highest BCUT2D eigenvalue weighted by Crippen LogP contribution is 2.26. The van der Waals surface area contributed by atoms with Crippen LogP contribution in [0.3, 0.4) is 0 Å². The number of carbonyl (C=O) groups is 1. The molecule has 3 aromatic rings. The molecule has 1 atom stereocenters. The Labute approximate surface area is 141 Å². The summed E-state index contributed by atoms with van der Waals surface area (Å²) in [5.74, 6) is -0.124. The molecular formula is C18H14BrN3O. The summed E-state index contributed by atoms with van der Waals surface area (Å²) in [6.45, 7) is 0.528. The molecule has 0 spiro atoms. The summed E-state index contributed by atoms with van der Waals surface area (Å²) >= 11 is 3.46. The first kappa shape index (κ1) is 14.2. The first-order valence-electron chi connectivity index (χ1n) is 7.40. The summed E-state index contributed by atoms with van der Waals surface area (Å²) in [6, 6.07) is 15.9. The van der Waals surface area contributed by atoms with Crippen LogP contribution in [-0.2, 0) is 4.79 Å². The van der Waals surface area contributed by atoms with Crippen LogP contribution < -0.4 is 5.32 Å². The summed E-state index contributed by atoms with van der Waals surface area (Å²) in [6.07, 6.45) is 1.85. The number of halogens is 1. The number of fused-ring (bicyclic) bond motifs is 1. The normalized spacial score (nSPS) is 17.9. The fourth-order valence-corrected chi connectivity index (χ4v) is 3.25. The van der Waals surface area contributed by atoms with E-state index in [4.69, 9.17) is 4.99 Å². The van der Waals surface area contributed by atoms with E-state index >= 15 is 0 Å². The quantitative estimate of drug-likeness (QED) is 0.714. The molecule has 0 saturated carbocycles. The number of aromatic amines is 1. The van der Waals surface area contributed by atoms with E-state index in [1.165, 1.54) is 0 Å². The Morgan fingerprint density at radius 2 is 1.96 bits per heavy atom. The molecule has 1 amide bonds. The van der Waals surface area contributed by atoms with Crippen LogP contribution in [0.4, 0.5) is 0 Å². The van der Waals surface area contributed by atoms with Crippen molar-refractivity contribution < 1.29 is 4.79 Å². The lowest BCUT2D eigenvalue weighted by molar-refractivity contribution is -0.115. The lowest BCUT2D eigenvalue weighted by Crippen LogP contribution is -2.39. The highest BCUT2D eigenvalue weighted by Gasteiger charge is 2.25. The number of benzene rings is 2. The topological polar surface area (TPSA) is 57.2 Å². The molecular weight excluding hydrogens is 354 g/mol. The molecule has 23 heavy (non-hydrogen) atoms. The zero-order valence-electron chi connectivity index (χ0n) is 12.2. The van der Waals surface area contributed by atoms with Crippen LogP contribution in [0, 0.1) is 0 Å². The second-order valence-corrected chi connectivity index (χ2v) is 6.42. The van der Waals surface area contributed by atoms with E-state index in [1.54, 1.807) is 0 Å². The van der Waals surface area contributed by atoms with Crippen molar-refractivity contribution in [3.63, 3.8) is 0 Å². The van der Waals surface area contributed by atoms with Crippen molar-refractivity contribution in [2.75, 3.05) is 6.54 Å². The van der Waals surface area contributed by atoms with Crippen molar-refractivity contribution in [1.82, 2.24) is 10.3 Å². The Kier molecular flexibility index (Phi) is 3.50. The molecule has 1 aliphatic rings. The fourth-order valence-electron chi connectivity index (χ4n) is 2.89. The SMILES string of the molecule is O=C1NC[C@@H](c2ccccc2)N=C1c1c[nH]c2cc(Br)ccc12. The van der Waals surface area contributed by atoms with E-state index in [-0.39, 0.29) is 11.9 Å². The van der Waals surface area contributed by atoms with Crippen molar-refractivity contribution in [1.29, 1.82) is 0 Å². The van der Waals surface area contributed by atoms with Crippen LogP contribution in [-0.4, -0.2) is 23.1 Å². The Balaban J connectivity index is 1.81. The number of hydrogen-bond acceptors (Lipinski definition) is 2. The molecule has 1 aliphatic heterocycles. The number of aliphatic imine (C=N–C) groups is 1. The van der Waals surface area contributed by atoms with Gasteiger partial charge in [0.1, 0.15) is 5.71 Å². The number of nitrogens with one attached hydrogen (secondary N) is 2. The van der Waals surface area contributed by atoms with Gasteiger partial charge in [-0.1, -0.05) is 52.3 Å². The average Bonchev–Trinajstić information content (AvgIpc) is 2.99. The maximum atomic E-state index is 12.3. The third-order valence-corrected chi connectivity index (χ3v) is 4.53. The van der Waals surface area contributed by atoms with Gasteiger partial charge in [-0.25, -0.2) is 0 Å². The molecule has 4 rings (SSSR count). The zero-order valence-corrected chi connectivity index (χ0v) is 13.8. The molecule has 0 unspecified atom stereocenters. The van der Waals surface area contributed by atoms with Gasteiger partial charge in [-0.2, -0.15) is 0 Å².